The van der Waals surface area contributed by atoms with Crippen LogP contribution in [0.25, 0.3) is 0 Å². The van der Waals surface area contributed by atoms with Crippen LogP contribution in [0, 0.1) is 0 Å². The molecule has 2 heteroatoms. The second-order valence-corrected chi connectivity index (χ2v) is 7.14. The minimum Gasteiger partial charge on any atom is -0.258 e. The van der Waals surface area contributed by atoms with Gasteiger partial charge in [0.25, 0.3) is 0 Å². The van der Waals surface area contributed by atoms with Crippen molar-refractivity contribution in [3.05, 3.63) is 12.2 Å². The fourth-order valence-electron chi connectivity index (χ4n) is 2.90. The Kier molecular flexibility index (Phi) is 22.3. The maximum Gasteiger partial charge on any atom is 0.00997 e. The molecule has 0 heterocycles. The zero-order chi connectivity index (χ0) is 17.6. The average molecular weight is 339 g/mol. The van der Waals surface area contributed by atoms with Crippen LogP contribution in [0.15, 0.2) is 12.2 Å². The van der Waals surface area contributed by atoms with E-state index in [-0.39, 0.29) is 0 Å². The summed E-state index contributed by atoms with van der Waals surface area (Å²) in [7, 11) is 0. The fraction of sp³-hybridized carbons (Fsp3) is 0.909. The van der Waals surface area contributed by atoms with Crippen LogP contribution in [0.3, 0.4) is 0 Å². The highest BCUT2D eigenvalue weighted by atomic mass is 15.3. The highest BCUT2D eigenvalue weighted by Crippen LogP contribution is 2.09. The maximum atomic E-state index is 3.31. The van der Waals surface area contributed by atoms with Crippen LogP contribution in [0.4, 0.5) is 0 Å². The number of unbranched alkanes of at least 4 members (excludes halogenated alkanes) is 13. The molecule has 2 N–H and O–H groups in total. The summed E-state index contributed by atoms with van der Waals surface area (Å²) in [5.41, 5.74) is 6.59. The quantitative estimate of drug-likeness (QED) is 0.143. The number of rotatable bonds is 20. The lowest BCUT2D eigenvalue weighted by Gasteiger charge is -2.06. The van der Waals surface area contributed by atoms with Crippen molar-refractivity contribution in [1.82, 2.24) is 10.9 Å². The molecular formula is C22H46N2. The van der Waals surface area contributed by atoms with Crippen LogP contribution in [-0.2, 0) is 0 Å². The first-order chi connectivity index (χ1) is 11.9. The van der Waals surface area contributed by atoms with Crippen molar-refractivity contribution < 1.29 is 0 Å². The van der Waals surface area contributed by atoms with Gasteiger partial charge in [-0.2, -0.15) is 0 Å². The molecule has 0 aromatic carbocycles. The first kappa shape index (κ1) is 23.7. The molecule has 0 bridgehead atoms. The molecule has 0 saturated carbocycles. The SMILES string of the molecule is CCCCCCCC/C=C\CCCCCCCCNNCCCC. The molecule has 144 valence electrons. The van der Waals surface area contributed by atoms with E-state index in [4.69, 9.17) is 0 Å². The van der Waals surface area contributed by atoms with E-state index in [0.29, 0.717) is 0 Å². The molecule has 0 radical (unpaired) electrons. The summed E-state index contributed by atoms with van der Waals surface area (Å²) in [6, 6.07) is 0. The third kappa shape index (κ3) is 21.7. The van der Waals surface area contributed by atoms with Crippen LogP contribution >= 0.6 is 0 Å². The molecule has 0 aromatic rings. The molecule has 0 amide bonds. The number of nitrogens with one attached hydrogen (secondary N) is 2. The standard InChI is InChI=1S/C22H46N2/c1-3-5-7-8-9-10-11-12-13-14-15-16-17-18-19-20-22-24-23-21-6-4-2/h12-13,23-24H,3-11,14-22H2,1-2H3/b13-12-. The van der Waals surface area contributed by atoms with Gasteiger partial charge in [-0.15, -0.1) is 0 Å². The fourth-order valence-corrected chi connectivity index (χ4v) is 2.90. The normalized spacial score (nSPS) is 11.6. The second kappa shape index (κ2) is 22.7. The zero-order valence-corrected chi connectivity index (χ0v) is 16.9. The van der Waals surface area contributed by atoms with Gasteiger partial charge in [0.05, 0.1) is 0 Å². The van der Waals surface area contributed by atoms with Crippen LogP contribution < -0.4 is 10.9 Å². The molecular weight excluding hydrogens is 292 g/mol. The predicted octanol–water partition coefficient (Wildman–Crippen LogP) is 6.92. The summed E-state index contributed by atoms with van der Waals surface area (Å²) in [5, 5.41) is 0. The Balaban J connectivity index is 3.03. The van der Waals surface area contributed by atoms with Crippen LogP contribution in [0.5, 0.6) is 0 Å². The van der Waals surface area contributed by atoms with Crippen molar-refractivity contribution in [3.63, 3.8) is 0 Å². The van der Waals surface area contributed by atoms with Gasteiger partial charge in [0, 0.05) is 13.1 Å². The molecule has 0 atom stereocenters. The Morgan fingerprint density at radius 2 is 0.875 bits per heavy atom. The number of hydrogen-bond acceptors (Lipinski definition) is 2. The topological polar surface area (TPSA) is 24.1 Å². The minimum absolute atomic E-state index is 1.10. The van der Waals surface area contributed by atoms with Gasteiger partial charge < -0.3 is 0 Å². The molecule has 0 aliphatic carbocycles. The molecule has 0 aliphatic rings. The Morgan fingerprint density at radius 1 is 0.458 bits per heavy atom. The van der Waals surface area contributed by atoms with E-state index in [0.717, 1.165) is 13.1 Å². The van der Waals surface area contributed by atoms with Crippen molar-refractivity contribution in [2.45, 2.75) is 117 Å². The van der Waals surface area contributed by atoms with E-state index in [9.17, 15) is 0 Å². The summed E-state index contributed by atoms with van der Waals surface area (Å²) < 4.78 is 0. The van der Waals surface area contributed by atoms with Gasteiger partial charge in [-0.25, -0.2) is 0 Å². The van der Waals surface area contributed by atoms with Gasteiger partial charge in [-0.05, 0) is 38.5 Å². The van der Waals surface area contributed by atoms with Gasteiger partial charge >= 0.3 is 0 Å². The van der Waals surface area contributed by atoms with Gasteiger partial charge in [-0.3, -0.25) is 10.9 Å². The van der Waals surface area contributed by atoms with Crippen molar-refractivity contribution in [3.8, 4) is 0 Å². The third-order valence-corrected chi connectivity index (χ3v) is 4.59. The Hall–Kier alpha value is -0.340. The summed E-state index contributed by atoms with van der Waals surface area (Å²) >= 11 is 0. The predicted molar refractivity (Wildman–Crippen MR) is 110 cm³/mol. The average Bonchev–Trinajstić information content (AvgIpc) is 2.60. The summed E-state index contributed by atoms with van der Waals surface area (Å²) in [6.45, 7) is 6.73. The maximum absolute atomic E-state index is 3.31. The number of hydrogen-bond donors (Lipinski definition) is 2. The van der Waals surface area contributed by atoms with E-state index in [1.165, 1.54) is 103 Å². The Morgan fingerprint density at radius 3 is 1.42 bits per heavy atom. The molecule has 0 saturated heterocycles. The highest BCUT2D eigenvalue weighted by molar-refractivity contribution is 4.81. The first-order valence-electron chi connectivity index (χ1n) is 11.0. The Labute approximate surface area is 153 Å². The number of allylic oxidation sites excluding steroid dienone is 2. The lowest BCUT2D eigenvalue weighted by atomic mass is 10.1. The molecule has 0 aliphatic heterocycles. The van der Waals surface area contributed by atoms with Gasteiger partial charge in [0.2, 0.25) is 0 Å². The van der Waals surface area contributed by atoms with E-state index < -0.39 is 0 Å². The van der Waals surface area contributed by atoms with Gasteiger partial charge in [0.1, 0.15) is 0 Å². The molecule has 0 unspecified atom stereocenters. The summed E-state index contributed by atoms with van der Waals surface area (Å²) in [5.74, 6) is 0. The van der Waals surface area contributed by atoms with Crippen molar-refractivity contribution >= 4 is 0 Å². The van der Waals surface area contributed by atoms with E-state index in [1.54, 1.807) is 0 Å². The molecule has 0 aromatic heterocycles. The van der Waals surface area contributed by atoms with Gasteiger partial charge in [0.15, 0.2) is 0 Å². The largest absolute Gasteiger partial charge is 0.258 e. The molecule has 2 nitrogen and oxygen atoms in total. The molecule has 0 spiro atoms. The summed E-state index contributed by atoms with van der Waals surface area (Å²) in [4.78, 5) is 0. The second-order valence-electron chi connectivity index (χ2n) is 7.14. The monoisotopic (exact) mass is 338 g/mol. The minimum atomic E-state index is 1.10. The molecule has 0 fully saturated rings. The molecule has 24 heavy (non-hydrogen) atoms. The van der Waals surface area contributed by atoms with Crippen molar-refractivity contribution in [2.24, 2.45) is 0 Å². The number of hydrazine groups is 1. The van der Waals surface area contributed by atoms with Crippen LogP contribution in [0.2, 0.25) is 0 Å². The summed E-state index contributed by atoms with van der Waals surface area (Å²) in [6.07, 6.45) is 26.7. The van der Waals surface area contributed by atoms with Crippen LogP contribution in [0.1, 0.15) is 117 Å². The van der Waals surface area contributed by atoms with E-state index >= 15 is 0 Å². The lowest BCUT2D eigenvalue weighted by Crippen LogP contribution is -2.33. The first-order valence-corrected chi connectivity index (χ1v) is 11.0. The van der Waals surface area contributed by atoms with Crippen LogP contribution in [-0.4, -0.2) is 13.1 Å². The highest BCUT2D eigenvalue weighted by Gasteiger charge is 1.92. The third-order valence-electron chi connectivity index (χ3n) is 4.59. The zero-order valence-electron chi connectivity index (χ0n) is 16.9. The Bertz CT molecular complexity index is 238. The smallest absolute Gasteiger partial charge is 0.00997 e. The van der Waals surface area contributed by atoms with Crippen molar-refractivity contribution in [2.75, 3.05) is 13.1 Å². The van der Waals surface area contributed by atoms with Crippen molar-refractivity contribution in [1.29, 1.82) is 0 Å². The van der Waals surface area contributed by atoms with Gasteiger partial charge in [-0.1, -0.05) is 90.2 Å². The molecule has 0 rings (SSSR count). The van der Waals surface area contributed by atoms with E-state index in [1.807, 2.05) is 0 Å². The van der Waals surface area contributed by atoms with E-state index in [2.05, 4.69) is 36.9 Å². The lowest BCUT2D eigenvalue weighted by molar-refractivity contribution is 0.491.